The van der Waals surface area contributed by atoms with Gasteiger partial charge in [-0.1, -0.05) is 33.8 Å². The molecule has 124 valence electrons. The Balaban J connectivity index is 3.47. The molecule has 22 heavy (non-hydrogen) atoms. The molecule has 0 heterocycles. The molecule has 1 aliphatic rings. The van der Waals surface area contributed by atoms with Gasteiger partial charge in [-0.3, -0.25) is 4.79 Å². The summed E-state index contributed by atoms with van der Waals surface area (Å²) in [5, 5.41) is 2.94. The van der Waals surface area contributed by atoms with Gasteiger partial charge in [-0.2, -0.15) is 0 Å². The number of rotatable bonds is 4. The van der Waals surface area contributed by atoms with Crippen molar-refractivity contribution in [2.24, 2.45) is 11.3 Å². The Bertz CT molecular complexity index is 511. The van der Waals surface area contributed by atoms with E-state index in [4.69, 9.17) is 9.47 Å². The van der Waals surface area contributed by atoms with Crippen LogP contribution in [-0.4, -0.2) is 38.7 Å². The molecular weight excluding hydrogens is 282 g/mol. The topological polar surface area (TPSA) is 64.6 Å². The summed E-state index contributed by atoms with van der Waals surface area (Å²) in [5.41, 5.74) is 2.06. The molecule has 0 unspecified atom stereocenters. The maximum absolute atomic E-state index is 12.3. The van der Waals surface area contributed by atoms with Gasteiger partial charge in [-0.05, 0) is 16.6 Å². The molecule has 0 saturated carbocycles. The van der Waals surface area contributed by atoms with Crippen LogP contribution in [0.2, 0.25) is 0 Å². The van der Waals surface area contributed by atoms with Crippen LogP contribution in [0.15, 0.2) is 22.8 Å². The Hall–Kier alpha value is -1.62. The second-order valence-electron chi connectivity index (χ2n) is 6.67. The van der Waals surface area contributed by atoms with Gasteiger partial charge < -0.3 is 14.8 Å². The molecule has 5 nitrogen and oxygen atoms in total. The molecule has 0 bridgehead atoms. The van der Waals surface area contributed by atoms with Gasteiger partial charge in [-0.15, -0.1) is 0 Å². The van der Waals surface area contributed by atoms with Crippen LogP contribution >= 0.6 is 0 Å². The number of hydrogen-bond donors (Lipinski definition) is 1. The normalized spacial score (nSPS) is 22.2. The maximum Gasteiger partial charge on any atom is 0.338 e. The van der Waals surface area contributed by atoms with Crippen molar-refractivity contribution in [2.75, 3.05) is 20.8 Å². The number of methoxy groups -OCH3 is 2. The predicted molar refractivity (Wildman–Crippen MR) is 85.2 cm³/mol. The first-order chi connectivity index (χ1) is 10.1. The minimum atomic E-state index is -0.360. The van der Waals surface area contributed by atoms with E-state index in [1.165, 1.54) is 14.0 Å². The number of carbonyl (C=O) groups is 2. The van der Waals surface area contributed by atoms with Crippen LogP contribution < -0.4 is 5.32 Å². The first kappa shape index (κ1) is 18.4. The average Bonchev–Trinajstić information content (AvgIpc) is 2.40. The Kier molecular flexibility index (Phi) is 5.94. The fraction of sp³-hybridized carbons (Fsp3) is 0.647. The highest BCUT2D eigenvalue weighted by molar-refractivity contribution is 5.95. The Labute approximate surface area is 132 Å². The first-order valence-electron chi connectivity index (χ1n) is 7.43. The van der Waals surface area contributed by atoms with E-state index in [2.05, 4.69) is 5.32 Å². The molecule has 5 heteroatoms. The van der Waals surface area contributed by atoms with Gasteiger partial charge in [0.25, 0.3) is 0 Å². The van der Waals surface area contributed by atoms with Gasteiger partial charge in [0.2, 0.25) is 5.91 Å². The lowest BCUT2D eigenvalue weighted by Gasteiger charge is -2.36. The van der Waals surface area contributed by atoms with Crippen LogP contribution in [0.4, 0.5) is 0 Å². The van der Waals surface area contributed by atoms with Gasteiger partial charge in [0.05, 0.1) is 25.3 Å². The second-order valence-corrected chi connectivity index (χ2v) is 6.67. The Morgan fingerprint density at radius 3 is 2.27 bits per heavy atom. The summed E-state index contributed by atoms with van der Waals surface area (Å²) in [7, 11) is 2.97. The number of amides is 1. The van der Waals surface area contributed by atoms with E-state index in [0.29, 0.717) is 12.2 Å². The van der Waals surface area contributed by atoms with Gasteiger partial charge in [0.15, 0.2) is 0 Å². The monoisotopic (exact) mass is 309 g/mol. The quantitative estimate of drug-likeness (QED) is 0.809. The minimum Gasteiger partial charge on any atom is -0.465 e. The van der Waals surface area contributed by atoms with E-state index >= 15 is 0 Å². The molecule has 0 radical (unpaired) electrons. The van der Waals surface area contributed by atoms with Crippen LogP contribution in [0.5, 0.6) is 0 Å². The number of carbonyl (C=O) groups excluding carboxylic acids is 2. The molecule has 2 atom stereocenters. The van der Waals surface area contributed by atoms with E-state index in [9.17, 15) is 9.59 Å². The molecule has 1 amide bonds. The minimum absolute atomic E-state index is 0.0379. The van der Waals surface area contributed by atoms with Crippen molar-refractivity contribution in [3.05, 3.63) is 22.8 Å². The number of hydrogen-bond acceptors (Lipinski definition) is 4. The third kappa shape index (κ3) is 3.97. The smallest absolute Gasteiger partial charge is 0.338 e. The lowest BCUT2D eigenvalue weighted by Crippen LogP contribution is -2.42. The van der Waals surface area contributed by atoms with Gasteiger partial charge in [0.1, 0.15) is 0 Å². The molecule has 0 aromatic rings. The van der Waals surface area contributed by atoms with E-state index in [-0.39, 0.29) is 29.3 Å². The summed E-state index contributed by atoms with van der Waals surface area (Å²) in [6.07, 6.45) is 1.97. The van der Waals surface area contributed by atoms with Crippen LogP contribution in [0.1, 0.15) is 34.6 Å². The highest BCUT2D eigenvalue weighted by Crippen LogP contribution is 2.40. The fourth-order valence-electron chi connectivity index (χ4n) is 2.75. The average molecular weight is 309 g/mol. The van der Waals surface area contributed by atoms with Crippen molar-refractivity contribution < 1.29 is 19.1 Å². The molecule has 0 aromatic carbocycles. The van der Waals surface area contributed by atoms with Crippen molar-refractivity contribution >= 4 is 11.9 Å². The highest BCUT2D eigenvalue weighted by atomic mass is 16.5. The van der Waals surface area contributed by atoms with Crippen molar-refractivity contribution in [2.45, 2.75) is 40.7 Å². The summed E-state index contributed by atoms with van der Waals surface area (Å²) in [5.74, 6) is -0.495. The molecule has 0 saturated heterocycles. The summed E-state index contributed by atoms with van der Waals surface area (Å²) >= 11 is 0. The predicted octanol–water partition coefficient (Wildman–Crippen LogP) is 2.23. The molecule has 0 aromatic heterocycles. The van der Waals surface area contributed by atoms with Crippen molar-refractivity contribution in [1.82, 2.24) is 5.32 Å². The SMILES string of the molecule is COCC1=C(C(=O)OC)C(C(C)(C)C)=C[C@H](NC(C)=O)[C@@H]1C. The van der Waals surface area contributed by atoms with Crippen molar-refractivity contribution in [3.8, 4) is 0 Å². The second kappa shape index (κ2) is 7.09. The van der Waals surface area contributed by atoms with Crippen molar-refractivity contribution in [3.63, 3.8) is 0 Å². The molecule has 0 aliphatic heterocycles. The summed E-state index contributed by atoms with van der Waals surface area (Å²) < 4.78 is 10.3. The standard InChI is InChI=1S/C17H27NO4/c1-10-12(9-21-6)15(16(20)22-7)13(17(3,4)5)8-14(10)18-11(2)19/h8,10,14H,9H2,1-7H3,(H,18,19)/t10-,14+/m1/s1. The molecule has 1 aliphatic carbocycles. The molecule has 0 spiro atoms. The van der Waals surface area contributed by atoms with E-state index in [1.807, 2.05) is 33.8 Å². The zero-order chi connectivity index (χ0) is 17.1. The van der Waals surface area contributed by atoms with Crippen LogP contribution in [0.25, 0.3) is 0 Å². The van der Waals surface area contributed by atoms with E-state index < -0.39 is 0 Å². The summed E-state index contributed by atoms with van der Waals surface area (Å²) in [6, 6.07) is -0.162. The van der Waals surface area contributed by atoms with Crippen LogP contribution in [0.3, 0.4) is 0 Å². The molecule has 0 fully saturated rings. The third-order valence-electron chi connectivity index (χ3n) is 3.89. The summed E-state index contributed by atoms with van der Waals surface area (Å²) in [4.78, 5) is 23.8. The number of ether oxygens (including phenoxy) is 2. The zero-order valence-electron chi connectivity index (χ0n) is 14.6. The third-order valence-corrected chi connectivity index (χ3v) is 3.89. The fourth-order valence-corrected chi connectivity index (χ4v) is 2.75. The first-order valence-corrected chi connectivity index (χ1v) is 7.43. The zero-order valence-corrected chi connectivity index (χ0v) is 14.6. The Morgan fingerprint density at radius 1 is 1.27 bits per heavy atom. The lowest BCUT2D eigenvalue weighted by molar-refractivity contribution is -0.136. The van der Waals surface area contributed by atoms with Crippen LogP contribution in [-0.2, 0) is 19.1 Å². The Morgan fingerprint density at radius 2 is 1.86 bits per heavy atom. The van der Waals surface area contributed by atoms with E-state index in [1.54, 1.807) is 7.11 Å². The van der Waals surface area contributed by atoms with Gasteiger partial charge >= 0.3 is 5.97 Å². The van der Waals surface area contributed by atoms with Gasteiger partial charge in [-0.25, -0.2) is 4.79 Å². The number of nitrogens with one attached hydrogen (secondary N) is 1. The molecule has 1 N–H and O–H groups in total. The summed E-state index contributed by atoms with van der Waals surface area (Å²) in [6.45, 7) is 9.91. The number of esters is 1. The largest absolute Gasteiger partial charge is 0.465 e. The molecule has 1 rings (SSSR count). The maximum atomic E-state index is 12.3. The lowest BCUT2D eigenvalue weighted by atomic mass is 9.72. The molecular formula is C17H27NO4. The highest BCUT2D eigenvalue weighted by Gasteiger charge is 2.37. The van der Waals surface area contributed by atoms with Gasteiger partial charge in [0, 0.05) is 20.0 Å². The van der Waals surface area contributed by atoms with E-state index in [0.717, 1.165) is 11.1 Å². The van der Waals surface area contributed by atoms with Crippen molar-refractivity contribution in [1.29, 1.82) is 0 Å². The van der Waals surface area contributed by atoms with Crippen LogP contribution in [0, 0.1) is 11.3 Å².